The normalized spacial score (nSPS) is 24.2. The van der Waals surface area contributed by atoms with Gasteiger partial charge in [0.05, 0.1) is 0 Å². The minimum absolute atomic E-state index is 0.173. The van der Waals surface area contributed by atoms with Crippen LogP contribution in [0.3, 0.4) is 0 Å². The van der Waals surface area contributed by atoms with Crippen molar-refractivity contribution in [3.05, 3.63) is 29.8 Å². The SMILES string of the molecule is CC1CCCC(N(C)c2ccccc2C(N)=NO)C1. The Kier molecular flexibility index (Phi) is 4.30. The van der Waals surface area contributed by atoms with Crippen LogP contribution in [-0.4, -0.2) is 24.1 Å². The third kappa shape index (κ3) is 3.00. The van der Waals surface area contributed by atoms with E-state index < -0.39 is 0 Å². The second kappa shape index (κ2) is 5.95. The maximum Gasteiger partial charge on any atom is 0.172 e. The Labute approximate surface area is 114 Å². The first-order valence-corrected chi connectivity index (χ1v) is 6.93. The zero-order valence-electron chi connectivity index (χ0n) is 11.7. The monoisotopic (exact) mass is 261 g/mol. The lowest BCUT2D eigenvalue weighted by Gasteiger charge is -2.36. The van der Waals surface area contributed by atoms with Crippen molar-refractivity contribution < 1.29 is 5.21 Å². The van der Waals surface area contributed by atoms with E-state index in [1.807, 2.05) is 24.3 Å². The number of hydrogen-bond donors (Lipinski definition) is 2. The zero-order valence-corrected chi connectivity index (χ0v) is 11.7. The summed E-state index contributed by atoms with van der Waals surface area (Å²) < 4.78 is 0. The smallest absolute Gasteiger partial charge is 0.172 e. The molecule has 0 spiro atoms. The van der Waals surface area contributed by atoms with Crippen LogP contribution < -0.4 is 10.6 Å². The molecule has 19 heavy (non-hydrogen) atoms. The first kappa shape index (κ1) is 13.7. The highest BCUT2D eigenvalue weighted by molar-refractivity contribution is 6.02. The highest BCUT2D eigenvalue weighted by atomic mass is 16.4. The Balaban J connectivity index is 2.25. The van der Waals surface area contributed by atoms with Gasteiger partial charge in [0.1, 0.15) is 0 Å². The van der Waals surface area contributed by atoms with Crippen LogP contribution in [0.4, 0.5) is 5.69 Å². The first-order valence-electron chi connectivity index (χ1n) is 6.93. The van der Waals surface area contributed by atoms with Crippen molar-refractivity contribution in [1.82, 2.24) is 0 Å². The molecule has 1 aliphatic rings. The summed E-state index contributed by atoms with van der Waals surface area (Å²) in [7, 11) is 2.10. The standard InChI is InChI=1S/C15H23N3O/c1-11-6-5-7-12(10-11)18(2)14-9-4-3-8-13(14)15(16)17-19/h3-4,8-9,11-12,19H,5-7,10H2,1-2H3,(H2,16,17). The van der Waals surface area contributed by atoms with E-state index in [-0.39, 0.29) is 5.84 Å². The molecule has 0 amide bonds. The third-order valence-electron chi connectivity index (χ3n) is 4.12. The van der Waals surface area contributed by atoms with E-state index in [0.29, 0.717) is 6.04 Å². The van der Waals surface area contributed by atoms with Crippen molar-refractivity contribution in [2.24, 2.45) is 16.8 Å². The molecule has 0 aliphatic heterocycles. The summed E-state index contributed by atoms with van der Waals surface area (Å²) in [5.41, 5.74) is 7.60. The van der Waals surface area contributed by atoms with Gasteiger partial charge in [-0.15, -0.1) is 0 Å². The molecule has 2 unspecified atom stereocenters. The predicted octanol–water partition coefficient (Wildman–Crippen LogP) is 2.80. The summed E-state index contributed by atoms with van der Waals surface area (Å²) in [6.07, 6.45) is 5.03. The number of anilines is 1. The molecule has 104 valence electrons. The maximum atomic E-state index is 8.89. The summed E-state index contributed by atoms with van der Waals surface area (Å²) in [5, 5.41) is 12.0. The Hall–Kier alpha value is -1.71. The number of benzene rings is 1. The molecule has 0 saturated heterocycles. The van der Waals surface area contributed by atoms with E-state index in [9.17, 15) is 0 Å². The lowest BCUT2D eigenvalue weighted by molar-refractivity contribution is 0.318. The van der Waals surface area contributed by atoms with Crippen molar-refractivity contribution in [2.75, 3.05) is 11.9 Å². The third-order valence-corrected chi connectivity index (χ3v) is 4.12. The minimum Gasteiger partial charge on any atom is -0.409 e. The lowest BCUT2D eigenvalue weighted by Crippen LogP contribution is -2.36. The Bertz CT molecular complexity index is 458. The van der Waals surface area contributed by atoms with Gasteiger partial charge in [-0.25, -0.2) is 0 Å². The van der Waals surface area contributed by atoms with E-state index in [1.54, 1.807) is 0 Å². The van der Waals surface area contributed by atoms with E-state index in [1.165, 1.54) is 25.7 Å². The van der Waals surface area contributed by atoms with Gasteiger partial charge in [-0.3, -0.25) is 0 Å². The molecule has 4 heteroatoms. The topological polar surface area (TPSA) is 61.8 Å². The molecule has 2 atom stereocenters. The predicted molar refractivity (Wildman–Crippen MR) is 78.8 cm³/mol. The number of rotatable bonds is 3. The van der Waals surface area contributed by atoms with Crippen molar-refractivity contribution in [2.45, 2.75) is 38.6 Å². The number of nitrogens with zero attached hydrogens (tertiary/aromatic N) is 2. The van der Waals surface area contributed by atoms with Crippen LogP contribution in [0.1, 0.15) is 38.2 Å². The molecule has 1 saturated carbocycles. The second-order valence-electron chi connectivity index (χ2n) is 5.54. The molecule has 0 aromatic heterocycles. The number of amidine groups is 1. The Morgan fingerprint density at radius 2 is 2.11 bits per heavy atom. The van der Waals surface area contributed by atoms with Gasteiger partial charge in [0, 0.05) is 24.3 Å². The average molecular weight is 261 g/mol. The number of para-hydroxylation sites is 1. The highest BCUT2D eigenvalue weighted by Crippen LogP contribution is 2.31. The molecule has 0 bridgehead atoms. The van der Waals surface area contributed by atoms with Crippen molar-refractivity contribution in [1.29, 1.82) is 0 Å². The van der Waals surface area contributed by atoms with Gasteiger partial charge in [0.2, 0.25) is 0 Å². The van der Waals surface area contributed by atoms with Crippen LogP contribution in [0.2, 0.25) is 0 Å². The summed E-state index contributed by atoms with van der Waals surface area (Å²) in [6, 6.07) is 8.37. The van der Waals surface area contributed by atoms with Crippen LogP contribution in [0.5, 0.6) is 0 Å². The fourth-order valence-electron chi connectivity index (χ4n) is 3.00. The summed E-state index contributed by atoms with van der Waals surface area (Å²) in [4.78, 5) is 2.28. The molecule has 0 heterocycles. The van der Waals surface area contributed by atoms with E-state index in [4.69, 9.17) is 10.9 Å². The van der Waals surface area contributed by atoms with Crippen molar-refractivity contribution in [3.63, 3.8) is 0 Å². The average Bonchev–Trinajstić information content (AvgIpc) is 2.45. The van der Waals surface area contributed by atoms with Gasteiger partial charge >= 0.3 is 0 Å². The van der Waals surface area contributed by atoms with Crippen LogP contribution in [0.25, 0.3) is 0 Å². The fourth-order valence-corrected chi connectivity index (χ4v) is 3.00. The van der Waals surface area contributed by atoms with Gasteiger partial charge in [-0.1, -0.05) is 37.1 Å². The molecule has 4 nitrogen and oxygen atoms in total. The molecule has 1 aromatic rings. The van der Waals surface area contributed by atoms with Crippen LogP contribution in [-0.2, 0) is 0 Å². The molecule has 0 radical (unpaired) electrons. The molecule has 1 aromatic carbocycles. The van der Waals surface area contributed by atoms with E-state index in [0.717, 1.165) is 17.2 Å². The molecular formula is C15H23N3O. The lowest BCUT2D eigenvalue weighted by atomic mass is 9.86. The van der Waals surface area contributed by atoms with Gasteiger partial charge in [-0.2, -0.15) is 0 Å². The minimum atomic E-state index is 0.173. The first-order chi connectivity index (χ1) is 9.13. The highest BCUT2D eigenvalue weighted by Gasteiger charge is 2.24. The Morgan fingerprint density at radius 3 is 2.79 bits per heavy atom. The molecule has 2 rings (SSSR count). The van der Waals surface area contributed by atoms with E-state index in [2.05, 4.69) is 24.0 Å². The van der Waals surface area contributed by atoms with E-state index >= 15 is 0 Å². The van der Waals surface area contributed by atoms with Crippen LogP contribution in [0.15, 0.2) is 29.4 Å². The number of hydrogen-bond acceptors (Lipinski definition) is 3. The second-order valence-corrected chi connectivity index (χ2v) is 5.54. The molecule has 3 N–H and O–H groups in total. The van der Waals surface area contributed by atoms with Crippen LogP contribution in [0, 0.1) is 5.92 Å². The van der Waals surface area contributed by atoms with Crippen molar-refractivity contribution in [3.8, 4) is 0 Å². The number of oxime groups is 1. The molecule has 1 fully saturated rings. The summed E-state index contributed by atoms with van der Waals surface area (Å²) >= 11 is 0. The quantitative estimate of drug-likeness (QED) is 0.380. The fraction of sp³-hybridized carbons (Fsp3) is 0.533. The van der Waals surface area contributed by atoms with Crippen LogP contribution >= 0.6 is 0 Å². The van der Waals surface area contributed by atoms with Gasteiger partial charge in [0.25, 0.3) is 0 Å². The van der Waals surface area contributed by atoms with Gasteiger partial charge in [0.15, 0.2) is 5.84 Å². The zero-order chi connectivity index (χ0) is 13.8. The largest absolute Gasteiger partial charge is 0.409 e. The molecule has 1 aliphatic carbocycles. The molecular weight excluding hydrogens is 238 g/mol. The Morgan fingerprint density at radius 1 is 1.37 bits per heavy atom. The summed E-state index contributed by atoms with van der Waals surface area (Å²) in [5.74, 6) is 0.948. The van der Waals surface area contributed by atoms with Gasteiger partial charge < -0.3 is 15.8 Å². The maximum absolute atomic E-state index is 8.89. The summed E-state index contributed by atoms with van der Waals surface area (Å²) in [6.45, 7) is 2.31. The van der Waals surface area contributed by atoms with Gasteiger partial charge in [-0.05, 0) is 30.9 Å². The number of nitrogens with two attached hydrogens (primary N) is 1. The van der Waals surface area contributed by atoms with Crippen molar-refractivity contribution >= 4 is 11.5 Å².